The zero-order valence-corrected chi connectivity index (χ0v) is 17.5. The fourth-order valence-electron chi connectivity index (χ4n) is 4.38. The lowest BCUT2D eigenvalue weighted by Gasteiger charge is -2.33. The van der Waals surface area contributed by atoms with E-state index in [4.69, 9.17) is 0 Å². The molecule has 0 radical (unpaired) electrons. The van der Waals surface area contributed by atoms with Gasteiger partial charge in [-0.15, -0.1) is 11.3 Å². The van der Waals surface area contributed by atoms with Crippen LogP contribution in [0.2, 0.25) is 0 Å². The van der Waals surface area contributed by atoms with E-state index in [1.807, 2.05) is 19.2 Å². The van der Waals surface area contributed by atoms with Crippen molar-refractivity contribution in [3.63, 3.8) is 0 Å². The maximum atomic E-state index is 13.0. The summed E-state index contributed by atoms with van der Waals surface area (Å²) in [5.41, 5.74) is 1.79. The maximum Gasteiger partial charge on any atom is 0.261 e. The molecule has 2 aromatic rings. The van der Waals surface area contributed by atoms with Crippen molar-refractivity contribution in [2.24, 2.45) is 11.8 Å². The quantitative estimate of drug-likeness (QED) is 0.761. The summed E-state index contributed by atoms with van der Waals surface area (Å²) in [7, 11) is 0. The van der Waals surface area contributed by atoms with Crippen LogP contribution in [-0.2, 0) is 4.79 Å². The Hall–Kier alpha value is -2.54. The van der Waals surface area contributed by atoms with E-state index >= 15 is 0 Å². The maximum absolute atomic E-state index is 13.0. The Morgan fingerprint density at radius 3 is 2.48 bits per heavy atom. The molecule has 1 fully saturated rings. The molecule has 3 atom stereocenters. The minimum Gasteiger partial charge on any atom is -0.348 e. The number of fused-ring (bicyclic) bond motifs is 1. The molecule has 1 saturated carbocycles. The number of hydrogen-bond acceptors (Lipinski definition) is 5. The summed E-state index contributed by atoms with van der Waals surface area (Å²) in [6.45, 7) is 4.19. The standard InChI is InChI=1S/C22H25N3O3S/c1-13(19-12-29-14(2)24-19)23-20(26)16-8-4-3-7-15(16)11-25-21(27)17-9-5-6-10-18(17)22(25)28/h5-6,9-10,12-13,15-16H,3-4,7-8,11H2,1-2H3,(H,23,26). The SMILES string of the molecule is Cc1nc(C(C)NC(=O)C2CCCCC2CN2C(=O)c3ccccc3C2=O)cs1. The van der Waals surface area contributed by atoms with Gasteiger partial charge in [-0.3, -0.25) is 19.3 Å². The van der Waals surface area contributed by atoms with E-state index in [9.17, 15) is 14.4 Å². The van der Waals surface area contributed by atoms with Crippen molar-refractivity contribution >= 4 is 29.1 Å². The number of carbonyl (C=O) groups excluding carboxylic acids is 3. The summed E-state index contributed by atoms with van der Waals surface area (Å²) >= 11 is 1.57. The number of aryl methyl sites for hydroxylation is 1. The Bertz CT molecular complexity index is 919. The molecule has 1 aromatic carbocycles. The number of imide groups is 1. The molecule has 0 spiro atoms. The molecule has 29 heavy (non-hydrogen) atoms. The lowest BCUT2D eigenvalue weighted by molar-refractivity contribution is -0.128. The number of rotatable bonds is 5. The average molecular weight is 412 g/mol. The largest absolute Gasteiger partial charge is 0.348 e. The molecule has 152 valence electrons. The lowest BCUT2D eigenvalue weighted by Crippen LogP contribution is -2.44. The number of nitrogens with zero attached hydrogens (tertiary/aromatic N) is 2. The highest BCUT2D eigenvalue weighted by molar-refractivity contribution is 7.09. The number of carbonyl (C=O) groups is 3. The second-order valence-corrected chi connectivity index (χ2v) is 9.00. The first-order chi connectivity index (χ1) is 14.0. The first-order valence-corrected chi connectivity index (χ1v) is 11.0. The van der Waals surface area contributed by atoms with Gasteiger partial charge in [0.2, 0.25) is 5.91 Å². The Kier molecular flexibility index (Phi) is 5.50. The van der Waals surface area contributed by atoms with Crippen LogP contribution < -0.4 is 5.32 Å². The van der Waals surface area contributed by atoms with Crippen molar-refractivity contribution in [2.75, 3.05) is 6.54 Å². The molecule has 3 unspecified atom stereocenters. The van der Waals surface area contributed by atoms with Gasteiger partial charge in [0.05, 0.1) is 27.9 Å². The van der Waals surface area contributed by atoms with Crippen LogP contribution in [0.1, 0.15) is 70.1 Å². The Morgan fingerprint density at radius 2 is 1.86 bits per heavy atom. The van der Waals surface area contributed by atoms with Gasteiger partial charge in [0.15, 0.2) is 0 Å². The summed E-state index contributed by atoms with van der Waals surface area (Å²) in [5.74, 6) is -0.724. The van der Waals surface area contributed by atoms with E-state index in [2.05, 4.69) is 10.3 Å². The zero-order chi connectivity index (χ0) is 20.5. The zero-order valence-electron chi connectivity index (χ0n) is 16.7. The lowest BCUT2D eigenvalue weighted by atomic mass is 9.78. The second kappa shape index (κ2) is 8.06. The van der Waals surface area contributed by atoms with Crippen molar-refractivity contribution in [1.82, 2.24) is 15.2 Å². The molecule has 1 aliphatic carbocycles. The van der Waals surface area contributed by atoms with Crippen molar-refractivity contribution in [2.45, 2.75) is 45.6 Å². The molecule has 4 rings (SSSR count). The predicted molar refractivity (Wildman–Crippen MR) is 111 cm³/mol. The molecular formula is C22H25N3O3S. The number of thiazole rings is 1. The van der Waals surface area contributed by atoms with E-state index in [-0.39, 0.29) is 35.6 Å². The molecule has 6 nitrogen and oxygen atoms in total. The Morgan fingerprint density at radius 1 is 1.21 bits per heavy atom. The van der Waals surface area contributed by atoms with Crippen LogP contribution in [0, 0.1) is 18.8 Å². The fourth-order valence-corrected chi connectivity index (χ4v) is 5.09. The highest BCUT2D eigenvalue weighted by atomic mass is 32.1. The third-order valence-corrected chi connectivity index (χ3v) is 6.77. The normalized spacial score (nSPS) is 22.5. The molecule has 0 bridgehead atoms. The second-order valence-electron chi connectivity index (χ2n) is 7.94. The number of aromatic nitrogens is 1. The van der Waals surface area contributed by atoms with E-state index in [1.54, 1.807) is 35.6 Å². The van der Waals surface area contributed by atoms with Crippen molar-refractivity contribution in [3.05, 3.63) is 51.5 Å². The van der Waals surface area contributed by atoms with Gasteiger partial charge in [-0.05, 0) is 44.7 Å². The third kappa shape index (κ3) is 3.83. The number of hydrogen-bond donors (Lipinski definition) is 1. The molecule has 0 saturated heterocycles. The van der Waals surface area contributed by atoms with Crippen LogP contribution in [0.25, 0.3) is 0 Å². The van der Waals surface area contributed by atoms with E-state index in [0.29, 0.717) is 17.7 Å². The third-order valence-electron chi connectivity index (χ3n) is 5.98. The first kappa shape index (κ1) is 19.8. The smallest absolute Gasteiger partial charge is 0.261 e. The summed E-state index contributed by atoms with van der Waals surface area (Å²) in [5, 5.41) is 6.03. The summed E-state index contributed by atoms with van der Waals surface area (Å²) < 4.78 is 0. The van der Waals surface area contributed by atoms with Crippen LogP contribution in [0.15, 0.2) is 29.6 Å². The van der Waals surface area contributed by atoms with Gasteiger partial charge in [0, 0.05) is 17.8 Å². The van der Waals surface area contributed by atoms with Crippen molar-refractivity contribution < 1.29 is 14.4 Å². The average Bonchev–Trinajstić information content (AvgIpc) is 3.26. The number of nitrogens with one attached hydrogen (secondary N) is 1. The molecule has 1 aromatic heterocycles. The van der Waals surface area contributed by atoms with Gasteiger partial charge in [0.25, 0.3) is 11.8 Å². The van der Waals surface area contributed by atoms with Crippen molar-refractivity contribution in [1.29, 1.82) is 0 Å². The molecular weight excluding hydrogens is 386 g/mol. The fraction of sp³-hybridized carbons (Fsp3) is 0.455. The molecule has 2 heterocycles. The topological polar surface area (TPSA) is 79.4 Å². The van der Waals surface area contributed by atoms with Crippen LogP contribution in [0.5, 0.6) is 0 Å². The van der Waals surface area contributed by atoms with E-state index < -0.39 is 0 Å². The number of amides is 3. The predicted octanol–water partition coefficient (Wildman–Crippen LogP) is 3.73. The van der Waals surface area contributed by atoms with Crippen LogP contribution in [-0.4, -0.2) is 34.2 Å². The summed E-state index contributed by atoms with van der Waals surface area (Å²) in [4.78, 5) is 44.3. The van der Waals surface area contributed by atoms with Crippen LogP contribution >= 0.6 is 11.3 Å². The van der Waals surface area contributed by atoms with Crippen LogP contribution in [0.3, 0.4) is 0 Å². The highest BCUT2D eigenvalue weighted by Gasteiger charge is 2.40. The Labute approximate surface area is 174 Å². The Balaban J connectivity index is 1.46. The summed E-state index contributed by atoms with van der Waals surface area (Å²) in [6, 6.07) is 6.77. The molecule has 1 aliphatic heterocycles. The summed E-state index contributed by atoms with van der Waals surface area (Å²) in [6.07, 6.45) is 3.62. The molecule has 2 aliphatic rings. The van der Waals surface area contributed by atoms with Gasteiger partial charge in [0.1, 0.15) is 0 Å². The first-order valence-electron chi connectivity index (χ1n) is 10.1. The van der Waals surface area contributed by atoms with Gasteiger partial charge in [-0.1, -0.05) is 25.0 Å². The van der Waals surface area contributed by atoms with E-state index in [1.165, 1.54) is 4.90 Å². The van der Waals surface area contributed by atoms with Gasteiger partial charge >= 0.3 is 0 Å². The van der Waals surface area contributed by atoms with Gasteiger partial charge < -0.3 is 5.32 Å². The van der Waals surface area contributed by atoms with Gasteiger partial charge in [-0.2, -0.15) is 0 Å². The molecule has 7 heteroatoms. The highest BCUT2D eigenvalue weighted by Crippen LogP contribution is 2.34. The minimum absolute atomic E-state index is 0.00976. The monoisotopic (exact) mass is 411 g/mol. The van der Waals surface area contributed by atoms with Gasteiger partial charge in [-0.25, -0.2) is 4.98 Å². The van der Waals surface area contributed by atoms with Crippen LogP contribution in [0.4, 0.5) is 0 Å². The van der Waals surface area contributed by atoms with E-state index in [0.717, 1.165) is 36.4 Å². The molecule has 3 amide bonds. The molecule has 1 N–H and O–H groups in total. The minimum atomic E-state index is -0.248. The van der Waals surface area contributed by atoms with Crippen molar-refractivity contribution in [3.8, 4) is 0 Å². The number of benzene rings is 1.